The molecule has 1 aromatic carbocycles. The summed E-state index contributed by atoms with van der Waals surface area (Å²) in [6.45, 7) is 4.75. The topological polar surface area (TPSA) is 19.4 Å². The van der Waals surface area contributed by atoms with Gasteiger partial charge in [-0.2, -0.15) is 0 Å². The fraction of sp³-hybridized carbons (Fsp3) is 0.312. The number of halogens is 2. The molecule has 21 heavy (non-hydrogen) atoms. The van der Waals surface area contributed by atoms with Crippen molar-refractivity contribution in [3.8, 4) is 0 Å². The van der Waals surface area contributed by atoms with E-state index in [1.807, 2.05) is 24.3 Å². The van der Waals surface area contributed by atoms with Gasteiger partial charge in [-0.1, -0.05) is 11.6 Å². The maximum atomic E-state index is 12.9. The smallest absolute Gasteiger partial charge is 0.129 e. The summed E-state index contributed by atoms with van der Waals surface area (Å²) in [6.07, 6.45) is 1.74. The van der Waals surface area contributed by atoms with Gasteiger partial charge in [0, 0.05) is 44.6 Å². The van der Waals surface area contributed by atoms with Crippen LogP contribution < -0.4 is 4.90 Å². The first-order valence-corrected chi connectivity index (χ1v) is 7.42. The SMILES string of the molecule is Fc1ccc(N2CCN(Cc3ccnc(Cl)c3)CC2)cc1. The third-order valence-corrected chi connectivity index (χ3v) is 3.97. The first-order valence-electron chi connectivity index (χ1n) is 7.04. The zero-order valence-corrected chi connectivity index (χ0v) is 12.4. The first-order chi connectivity index (χ1) is 10.2. The molecule has 0 N–H and O–H groups in total. The summed E-state index contributed by atoms with van der Waals surface area (Å²) in [5.41, 5.74) is 2.27. The Labute approximate surface area is 129 Å². The zero-order chi connectivity index (χ0) is 14.7. The van der Waals surface area contributed by atoms with E-state index in [0.717, 1.165) is 38.4 Å². The van der Waals surface area contributed by atoms with Gasteiger partial charge in [0.25, 0.3) is 0 Å². The fourth-order valence-electron chi connectivity index (χ4n) is 2.62. The van der Waals surface area contributed by atoms with Crippen LogP contribution in [-0.2, 0) is 6.54 Å². The first kappa shape index (κ1) is 14.3. The Kier molecular flexibility index (Phi) is 4.36. The lowest BCUT2D eigenvalue weighted by Crippen LogP contribution is -2.45. The summed E-state index contributed by atoms with van der Waals surface area (Å²) in [5, 5.41) is 0.539. The molecule has 0 bridgehead atoms. The molecule has 1 aliphatic rings. The lowest BCUT2D eigenvalue weighted by Gasteiger charge is -2.36. The lowest BCUT2D eigenvalue weighted by molar-refractivity contribution is 0.250. The van der Waals surface area contributed by atoms with E-state index in [2.05, 4.69) is 14.8 Å². The van der Waals surface area contributed by atoms with Crippen molar-refractivity contribution in [2.45, 2.75) is 6.54 Å². The molecule has 0 atom stereocenters. The minimum atomic E-state index is -0.188. The van der Waals surface area contributed by atoms with Crippen LogP contribution in [0, 0.1) is 5.82 Å². The van der Waals surface area contributed by atoms with Gasteiger partial charge in [-0.25, -0.2) is 9.37 Å². The van der Waals surface area contributed by atoms with Crippen molar-refractivity contribution < 1.29 is 4.39 Å². The molecule has 3 nitrogen and oxygen atoms in total. The highest BCUT2D eigenvalue weighted by atomic mass is 35.5. The van der Waals surface area contributed by atoms with Gasteiger partial charge >= 0.3 is 0 Å². The molecule has 2 heterocycles. The van der Waals surface area contributed by atoms with E-state index in [1.165, 1.54) is 17.7 Å². The molecular formula is C16H17ClFN3. The van der Waals surface area contributed by atoms with Gasteiger partial charge in [-0.05, 0) is 42.0 Å². The normalized spacial score (nSPS) is 16.2. The summed E-state index contributed by atoms with van der Waals surface area (Å²) >= 11 is 5.91. The molecule has 3 rings (SSSR count). The van der Waals surface area contributed by atoms with Crippen molar-refractivity contribution in [3.05, 3.63) is 59.1 Å². The maximum absolute atomic E-state index is 12.9. The molecule has 0 amide bonds. The second-order valence-electron chi connectivity index (χ2n) is 5.23. The molecule has 1 aliphatic heterocycles. The molecule has 1 saturated heterocycles. The largest absolute Gasteiger partial charge is 0.369 e. The second-order valence-corrected chi connectivity index (χ2v) is 5.61. The summed E-state index contributed by atoms with van der Waals surface area (Å²) in [7, 11) is 0. The minimum Gasteiger partial charge on any atom is -0.369 e. The molecule has 1 fully saturated rings. The van der Waals surface area contributed by atoms with E-state index >= 15 is 0 Å². The van der Waals surface area contributed by atoms with Crippen LogP contribution >= 0.6 is 11.6 Å². The summed E-state index contributed by atoms with van der Waals surface area (Å²) in [5.74, 6) is -0.188. The molecule has 0 aliphatic carbocycles. The van der Waals surface area contributed by atoms with Crippen molar-refractivity contribution in [2.75, 3.05) is 31.1 Å². The Morgan fingerprint density at radius 1 is 1.05 bits per heavy atom. The van der Waals surface area contributed by atoms with E-state index in [1.54, 1.807) is 6.20 Å². The Bertz CT molecular complexity index is 595. The zero-order valence-electron chi connectivity index (χ0n) is 11.7. The van der Waals surface area contributed by atoms with Crippen LogP contribution in [0.4, 0.5) is 10.1 Å². The predicted octanol–water partition coefficient (Wildman–Crippen LogP) is 3.20. The molecule has 1 aromatic heterocycles. The second kappa shape index (κ2) is 6.41. The van der Waals surface area contributed by atoms with Crippen LogP contribution in [0.2, 0.25) is 5.15 Å². The molecule has 2 aromatic rings. The van der Waals surface area contributed by atoms with Gasteiger partial charge in [-0.3, -0.25) is 4.90 Å². The number of nitrogens with zero attached hydrogens (tertiary/aromatic N) is 3. The maximum Gasteiger partial charge on any atom is 0.129 e. The van der Waals surface area contributed by atoms with E-state index in [-0.39, 0.29) is 5.82 Å². The molecule has 110 valence electrons. The summed E-state index contributed by atoms with van der Waals surface area (Å²) in [6, 6.07) is 10.6. The minimum absolute atomic E-state index is 0.188. The van der Waals surface area contributed by atoms with E-state index in [4.69, 9.17) is 11.6 Å². The highest BCUT2D eigenvalue weighted by Gasteiger charge is 2.17. The quantitative estimate of drug-likeness (QED) is 0.812. The Balaban J connectivity index is 1.56. The van der Waals surface area contributed by atoms with Crippen molar-refractivity contribution in [1.29, 1.82) is 0 Å². The summed E-state index contributed by atoms with van der Waals surface area (Å²) < 4.78 is 12.9. The Hall–Kier alpha value is -1.65. The Morgan fingerprint density at radius 2 is 1.76 bits per heavy atom. The number of hydrogen-bond acceptors (Lipinski definition) is 3. The van der Waals surface area contributed by atoms with Gasteiger partial charge in [0.1, 0.15) is 11.0 Å². The molecule has 0 saturated carbocycles. The van der Waals surface area contributed by atoms with E-state index in [9.17, 15) is 4.39 Å². The van der Waals surface area contributed by atoms with Crippen LogP contribution in [0.5, 0.6) is 0 Å². The average molecular weight is 306 g/mol. The highest BCUT2D eigenvalue weighted by molar-refractivity contribution is 6.29. The van der Waals surface area contributed by atoms with Gasteiger partial charge in [-0.15, -0.1) is 0 Å². The molecule has 5 heteroatoms. The number of aromatic nitrogens is 1. The number of anilines is 1. The number of rotatable bonds is 3. The Morgan fingerprint density at radius 3 is 2.43 bits per heavy atom. The standard InChI is InChI=1S/C16H17ClFN3/c17-16-11-13(5-6-19-16)12-20-7-9-21(10-8-20)15-3-1-14(18)2-4-15/h1-6,11H,7-10,12H2. The van der Waals surface area contributed by atoms with Crippen molar-refractivity contribution in [3.63, 3.8) is 0 Å². The van der Waals surface area contributed by atoms with E-state index < -0.39 is 0 Å². The third kappa shape index (κ3) is 3.71. The molecule has 0 radical (unpaired) electrons. The van der Waals surface area contributed by atoms with Gasteiger partial charge in [0.2, 0.25) is 0 Å². The highest BCUT2D eigenvalue weighted by Crippen LogP contribution is 2.18. The average Bonchev–Trinajstić information content (AvgIpc) is 2.49. The van der Waals surface area contributed by atoms with Crippen LogP contribution in [0.25, 0.3) is 0 Å². The lowest BCUT2D eigenvalue weighted by atomic mass is 10.2. The van der Waals surface area contributed by atoms with Crippen molar-refractivity contribution >= 4 is 17.3 Å². The van der Waals surface area contributed by atoms with Gasteiger partial charge in [0.05, 0.1) is 0 Å². The van der Waals surface area contributed by atoms with E-state index in [0.29, 0.717) is 5.15 Å². The number of piperazine rings is 1. The van der Waals surface area contributed by atoms with Crippen LogP contribution in [0.1, 0.15) is 5.56 Å². The van der Waals surface area contributed by atoms with Crippen LogP contribution in [-0.4, -0.2) is 36.1 Å². The number of pyridine rings is 1. The van der Waals surface area contributed by atoms with Crippen molar-refractivity contribution in [1.82, 2.24) is 9.88 Å². The molecule has 0 spiro atoms. The molecule has 0 unspecified atom stereocenters. The third-order valence-electron chi connectivity index (χ3n) is 3.76. The summed E-state index contributed by atoms with van der Waals surface area (Å²) in [4.78, 5) is 8.68. The van der Waals surface area contributed by atoms with Crippen LogP contribution in [0.15, 0.2) is 42.6 Å². The van der Waals surface area contributed by atoms with Gasteiger partial charge in [0.15, 0.2) is 0 Å². The van der Waals surface area contributed by atoms with Crippen LogP contribution in [0.3, 0.4) is 0 Å². The van der Waals surface area contributed by atoms with Gasteiger partial charge < -0.3 is 4.90 Å². The molecular weight excluding hydrogens is 289 g/mol. The number of hydrogen-bond donors (Lipinski definition) is 0. The monoisotopic (exact) mass is 305 g/mol. The number of benzene rings is 1. The van der Waals surface area contributed by atoms with Crippen molar-refractivity contribution in [2.24, 2.45) is 0 Å². The fourth-order valence-corrected chi connectivity index (χ4v) is 2.81. The predicted molar refractivity (Wildman–Crippen MR) is 83.1 cm³/mol.